The molecule has 0 saturated carbocycles. The zero-order chi connectivity index (χ0) is 23.4. The highest BCUT2D eigenvalue weighted by Gasteiger charge is 2.30. The standard InChI is InChI=1S/C20H24N2O8S/c1-20(2,3)14-11-16(23)15(12-18(14)29-5)21-31(26,27)19-10-13(22(24)25)6-7-17(19)30-9-8-28-4/h6-7,10-12H,8-9H2,1-5H3/b21-15+. The molecular formula is C20H24N2O8S. The van der Waals surface area contributed by atoms with Gasteiger partial charge >= 0.3 is 0 Å². The number of nitrogens with zero attached hydrogens (tertiary/aromatic N) is 2. The monoisotopic (exact) mass is 452 g/mol. The third-order valence-electron chi connectivity index (χ3n) is 4.27. The molecular weight excluding hydrogens is 428 g/mol. The first-order valence-corrected chi connectivity index (χ1v) is 10.6. The molecule has 10 nitrogen and oxygen atoms in total. The van der Waals surface area contributed by atoms with E-state index >= 15 is 0 Å². The third kappa shape index (κ3) is 5.76. The number of hydrogen-bond acceptors (Lipinski definition) is 8. The topological polar surface area (TPSA) is 134 Å². The van der Waals surface area contributed by atoms with E-state index in [1.807, 2.05) is 20.8 Å². The lowest BCUT2D eigenvalue weighted by molar-refractivity contribution is -0.385. The van der Waals surface area contributed by atoms with Crippen LogP contribution in [0.2, 0.25) is 0 Å². The zero-order valence-corrected chi connectivity index (χ0v) is 18.7. The highest BCUT2D eigenvalue weighted by atomic mass is 32.2. The van der Waals surface area contributed by atoms with Gasteiger partial charge in [-0.2, -0.15) is 12.8 Å². The number of hydrogen-bond donors (Lipinski definition) is 0. The van der Waals surface area contributed by atoms with Gasteiger partial charge in [0.2, 0.25) is 5.78 Å². The molecule has 0 saturated heterocycles. The molecule has 1 aliphatic rings. The number of rotatable bonds is 8. The zero-order valence-electron chi connectivity index (χ0n) is 17.9. The number of non-ortho nitro benzene ring substituents is 1. The second-order valence-electron chi connectivity index (χ2n) is 7.57. The number of carbonyl (C=O) groups excluding carboxylic acids is 1. The number of carbonyl (C=O) groups is 1. The molecule has 1 aromatic carbocycles. The minimum atomic E-state index is -4.53. The number of ketones is 1. The highest BCUT2D eigenvalue weighted by Crippen LogP contribution is 2.34. The van der Waals surface area contributed by atoms with Crippen LogP contribution in [0, 0.1) is 15.5 Å². The smallest absolute Gasteiger partial charge is 0.286 e. The molecule has 0 aromatic heterocycles. The fourth-order valence-corrected chi connectivity index (χ4v) is 3.87. The molecule has 1 aliphatic carbocycles. The predicted octanol–water partition coefficient (Wildman–Crippen LogP) is 2.84. The molecule has 0 unspecified atom stereocenters. The Kier molecular flexibility index (Phi) is 7.34. The average molecular weight is 452 g/mol. The second-order valence-corrected chi connectivity index (χ2v) is 9.14. The van der Waals surface area contributed by atoms with Crippen LogP contribution in [0.25, 0.3) is 0 Å². The third-order valence-corrected chi connectivity index (χ3v) is 5.58. The summed E-state index contributed by atoms with van der Waals surface area (Å²) in [5.41, 5.74) is -0.671. The van der Waals surface area contributed by atoms with Crippen LogP contribution >= 0.6 is 0 Å². The molecule has 31 heavy (non-hydrogen) atoms. The maximum absolute atomic E-state index is 13.0. The number of nitro groups is 1. The summed E-state index contributed by atoms with van der Waals surface area (Å²) in [5.74, 6) is -0.463. The molecule has 0 fully saturated rings. The van der Waals surface area contributed by atoms with Crippen LogP contribution in [-0.4, -0.2) is 52.3 Å². The first-order chi connectivity index (χ1) is 14.4. The lowest BCUT2D eigenvalue weighted by Gasteiger charge is -2.26. The van der Waals surface area contributed by atoms with Crippen LogP contribution < -0.4 is 4.74 Å². The quantitative estimate of drug-likeness (QED) is 0.254. The predicted molar refractivity (Wildman–Crippen MR) is 113 cm³/mol. The Morgan fingerprint density at radius 1 is 1.13 bits per heavy atom. The van der Waals surface area contributed by atoms with Crippen LogP contribution in [0.3, 0.4) is 0 Å². The van der Waals surface area contributed by atoms with Gasteiger partial charge in [-0.15, -0.1) is 0 Å². The fraction of sp³-hybridized carbons (Fsp3) is 0.400. The number of ether oxygens (including phenoxy) is 3. The minimum Gasteiger partial charge on any atom is -0.496 e. The molecule has 1 aromatic rings. The van der Waals surface area contributed by atoms with E-state index in [1.54, 1.807) is 0 Å². The molecule has 0 radical (unpaired) electrons. The van der Waals surface area contributed by atoms with Crippen LogP contribution in [0.1, 0.15) is 20.8 Å². The fourth-order valence-electron chi connectivity index (χ4n) is 2.72. The first kappa shape index (κ1) is 24.2. The van der Waals surface area contributed by atoms with Crippen molar-refractivity contribution in [3.05, 3.63) is 51.8 Å². The van der Waals surface area contributed by atoms with Gasteiger partial charge in [0, 0.05) is 30.9 Å². The van der Waals surface area contributed by atoms with Gasteiger partial charge in [0.15, 0.2) is 0 Å². The number of allylic oxidation sites excluding steroid dienone is 3. The second kappa shape index (κ2) is 9.40. The number of benzene rings is 1. The van der Waals surface area contributed by atoms with Crippen molar-refractivity contribution >= 4 is 27.2 Å². The summed E-state index contributed by atoms with van der Waals surface area (Å²) in [4.78, 5) is 22.4. The van der Waals surface area contributed by atoms with Gasteiger partial charge in [-0.05, 0) is 17.6 Å². The Morgan fingerprint density at radius 3 is 2.35 bits per heavy atom. The van der Waals surface area contributed by atoms with Crippen molar-refractivity contribution in [2.24, 2.45) is 9.81 Å². The summed E-state index contributed by atoms with van der Waals surface area (Å²) in [6.45, 7) is 5.82. The minimum absolute atomic E-state index is 0.0116. The lowest BCUT2D eigenvalue weighted by Crippen LogP contribution is -2.23. The van der Waals surface area contributed by atoms with E-state index in [-0.39, 0.29) is 24.7 Å². The number of methoxy groups -OCH3 is 2. The summed E-state index contributed by atoms with van der Waals surface area (Å²) >= 11 is 0. The van der Waals surface area contributed by atoms with Crippen LogP contribution in [0.5, 0.6) is 5.75 Å². The van der Waals surface area contributed by atoms with Gasteiger partial charge in [0.25, 0.3) is 15.7 Å². The van der Waals surface area contributed by atoms with E-state index in [0.29, 0.717) is 11.3 Å². The van der Waals surface area contributed by atoms with Crippen LogP contribution in [-0.2, 0) is 24.3 Å². The Morgan fingerprint density at radius 2 is 1.81 bits per heavy atom. The molecule has 0 bridgehead atoms. The molecule has 11 heteroatoms. The van der Waals surface area contributed by atoms with Crippen molar-refractivity contribution in [1.29, 1.82) is 0 Å². The van der Waals surface area contributed by atoms with Gasteiger partial charge in [-0.1, -0.05) is 20.8 Å². The Labute approximate surface area is 180 Å². The maximum Gasteiger partial charge on any atom is 0.286 e. The van der Waals surface area contributed by atoms with E-state index in [0.717, 1.165) is 18.2 Å². The summed E-state index contributed by atoms with van der Waals surface area (Å²) in [6.07, 6.45) is 2.51. The van der Waals surface area contributed by atoms with Gasteiger partial charge in [0.05, 0.1) is 18.6 Å². The molecule has 0 aliphatic heterocycles. The maximum atomic E-state index is 13.0. The molecule has 2 rings (SSSR count). The summed E-state index contributed by atoms with van der Waals surface area (Å²) in [7, 11) is -1.69. The van der Waals surface area contributed by atoms with Crippen molar-refractivity contribution < 1.29 is 32.3 Å². The van der Waals surface area contributed by atoms with Gasteiger partial charge < -0.3 is 14.2 Å². The lowest BCUT2D eigenvalue weighted by atomic mass is 9.82. The number of sulfonamides is 1. The van der Waals surface area contributed by atoms with Crippen molar-refractivity contribution in [2.75, 3.05) is 27.4 Å². The normalized spacial score (nSPS) is 16.0. The van der Waals surface area contributed by atoms with E-state index in [2.05, 4.69) is 4.40 Å². The van der Waals surface area contributed by atoms with E-state index < -0.39 is 36.7 Å². The molecule has 168 valence electrons. The van der Waals surface area contributed by atoms with Gasteiger partial charge in [-0.3, -0.25) is 14.9 Å². The largest absolute Gasteiger partial charge is 0.496 e. The summed E-state index contributed by atoms with van der Waals surface area (Å²) in [5, 5.41) is 11.1. The molecule has 0 N–H and O–H groups in total. The Hall–Kier alpha value is -3.05. The Balaban J connectivity index is 2.56. The van der Waals surface area contributed by atoms with Crippen molar-refractivity contribution in [3.63, 3.8) is 0 Å². The van der Waals surface area contributed by atoms with Crippen molar-refractivity contribution in [3.8, 4) is 5.75 Å². The van der Waals surface area contributed by atoms with Crippen molar-refractivity contribution in [1.82, 2.24) is 0 Å². The first-order valence-electron chi connectivity index (χ1n) is 9.18. The molecule has 0 atom stereocenters. The summed E-state index contributed by atoms with van der Waals surface area (Å²) < 4.78 is 45.2. The van der Waals surface area contributed by atoms with Gasteiger partial charge in [-0.25, -0.2) is 0 Å². The van der Waals surface area contributed by atoms with E-state index in [4.69, 9.17) is 14.2 Å². The molecule has 0 heterocycles. The highest BCUT2D eigenvalue weighted by molar-refractivity contribution is 7.90. The molecule has 0 spiro atoms. The average Bonchev–Trinajstić information content (AvgIpc) is 2.68. The van der Waals surface area contributed by atoms with E-state index in [9.17, 15) is 23.3 Å². The van der Waals surface area contributed by atoms with E-state index in [1.165, 1.54) is 26.4 Å². The number of nitro benzene ring substituents is 1. The molecule has 0 amide bonds. The van der Waals surface area contributed by atoms with Gasteiger partial charge in [0.1, 0.15) is 28.7 Å². The SMILES string of the molecule is COCCOc1ccc([N+](=O)[O-])cc1S(=O)(=O)/N=C1\C=C(OC)C(C(C)(C)C)=CC1=O. The van der Waals surface area contributed by atoms with Crippen LogP contribution in [0.4, 0.5) is 5.69 Å². The van der Waals surface area contributed by atoms with Crippen LogP contribution in [0.15, 0.2) is 51.0 Å². The summed E-state index contributed by atoms with van der Waals surface area (Å²) in [6, 6.07) is 3.12. The van der Waals surface area contributed by atoms with Crippen molar-refractivity contribution in [2.45, 2.75) is 25.7 Å². The Bertz CT molecular complexity index is 1080.